The zero-order valence-electron chi connectivity index (χ0n) is 11.1. The van der Waals surface area contributed by atoms with E-state index in [0.29, 0.717) is 12.0 Å². The molecule has 0 spiro atoms. The SMILES string of the molecule is CC1(C)C(C(=O)O)C1C(=O)N1CCC2CCCC21. The van der Waals surface area contributed by atoms with Gasteiger partial charge >= 0.3 is 5.97 Å². The molecule has 4 unspecified atom stereocenters. The Kier molecular flexibility index (Phi) is 2.48. The molecule has 0 aromatic carbocycles. The van der Waals surface area contributed by atoms with Crippen molar-refractivity contribution in [2.24, 2.45) is 23.2 Å². The molecular weight excluding hydrogens is 230 g/mol. The molecule has 1 heterocycles. The zero-order valence-corrected chi connectivity index (χ0v) is 11.1. The second-order valence-corrected chi connectivity index (χ2v) is 6.69. The molecule has 4 atom stereocenters. The third kappa shape index (κ3) is 1.50. The van der Waals surface area contributed by atoms with E-state index in [9.17, 15) is 9.59 Å². The van der Waals surface area contributed by atoms with Crippen molar-refractivity contribution >= 4 is 11.9 Å². The van der Waals surface area contributed by atoms with E-state index in [1.54, 1.807) is 0 Å². The predicted molar refractivity (Wildman–Crippen MR) is 65.9 cm³/mol. The number of rotatable bonds is 2. The van der Waals surface area contributed by atoms with E-state index in [0.717, 1.165) is 19.4 Å². The Hall–Kier alpha value is -1.06. The largest absolute Gasteiger partial charge is 0.481 e. The summed E-state index contributed by atoms with van der Waals surface area (Å²) in [6.45, 7) is 4.64. The van der Waals surface area contributed by atoms with Crippen LogP contribution in [-0.4, -0.2) is 34.5 Å². The molecule has 2 aliphatic carbocycles. The summed E-state index contributed by atoms with van der Waals surface area (Å²) < 4.78 is 0. The molecule has 1 aliphatic heterocycles. The van der Waals surface area contributed by atoms with Crippen molar-refractivity contribution in [2.45, 2.75) is 45.6 Å². The van der Waals surface area contributed by atoms with Gasteiger partial charge in [0.1, 0.15) is 0 Å². The fourth-order valence-corrected chi connectivity index (χ4v) is 4.25. The molecule has 3 rings (SSSR count). The molecule has 1 N–H and O–H groups in total. The summed E-state index contributed by atoms with van der Waals surface area (Å²) in [5, 5.41) is 9.17. The van der Waals surface area contributed by atoms with Crippen LogP contribution in [0.4, 0.5) is 0 Å². The number of fused-ring (bicyclic) bond motifs is 1. The monoisotopic (exact) mass is 251 g/mol. The van der Waals surface area contributed by atoms with Gasteiger partial charge < -0.3 is 10.0 Å². The van der Waals surface area contributed by atoms with Crippen LogP contribution in [0.1, 0.15) is 39.5 Å². The maximum Gasteiger partial charge on any atom is 0.307 e. The first kappa shape index (κ1) is 12.0. The Bertz CT molecular complexity index is 404. The van der Waals surface area contributed by atoms with Crippen LogP contribution in [0.2, 0.25) is 0 Å². The Morgan fingerprint density at radius 3 is 2.50 bits per heavy atom. The van der Waals surface area contributed by atoms with Crippen molar-refractivity contribution in [1.29, 1.82) is 0 Å². The molecule has 0 aromatic rings. The molecule has 3 aliphatic rings. The van der Waals surface area contributed by atoms with Gasteiger partial charge in [-0.05, 0) is 30.6 Å². The molecule has 3 fully saturated rings. The highest BCUT2D eigenvalue weighted by Gasteiger charge is 2.67. The highest BCUT2D eigenvalue weighted by molar-refractivity contribution is 5.92. The van der Waals surface area contributed by atoms with Crippen molar-refractivity contribution in [3.05, 3.63) is 0 Å². The molecule has 2 saturated carbocycles. The molecule has 18 heavy (non-hydrogen) atoms. The van der Waals surface area contributed by atoms with Crippen molar-refractivity contribution in [2.75, 3.05) is 6.54 Å². The molecule has 0 bridgehead atoms. The minimum absolute atomic E-state index is 0.0989. The fraction of sp³-hybridized carbons (Fsp3) is 0.857. The lowest BCUT2D eigenvalue weighted by molar-refractivity contribution is -0.142. The number of hydrogen-bond donors (Lipinski definition) is 1. The predicted octanol–water partition coefficient (Wildman–Crippen LogP) is 1.74. The molecule has 100 valence electrons. The maximum absolute atomic E-state index is 12.5. The minimum atomic E-state index is -0.819. The molecule has 4 heteroatoms. The number of likely N-dealkylation sites (tertiary alicyclic amines) is 1. The smallest absolute Gasteiger partial charge is 0.307 e. The average Bonchev–Trinajstić information content (AvgIpc) is 2.68. The van der Waals surface area contributed by atoms with Crippen LogP contribution >= 0.6 is 0 Å². The number of aliphatic carboxylic acids is 1. The van der Waals surface area contributed by atoms with Crippen LogP contribution in [0, 0.1) is 23.2 Å². The number of carbonyl (C=O) groups excluding carboxylic acids is 1. The molecule has 0 aromatic heterocycles. The van der Waals surface area contributed by atoms with Gasteiger partial charge in [0, 0.05) is 12.6 Å². The van der Waals surface area contributed by atoms with Crippen molar-refractivity contribution in [3.63, 3.8) is 0 Å². The van der Waals surface area contributed by atoms with Gasteiger partial charge in [-0.2, -0.15) is 0 Å². The van der Waals surface area contributed by atoms with E-state index < -0.39 is 11.9 Å². The summed E-state index contributed by atoms with van der Waals surface area (Å²) in [6, 6.07) is 0.406. The Labute approximate surface area is 107 Å². The van der Waals surface area contributed by atoms with E-state index in [4.69, 9.17) is 5.11 Å². The lowest BCUT2D eigenvalue weighted by atomic mass is 10.0. The second-order valence-electron chi connectivity index (χ2n) is 6.69. The number of carboxylic acid groups (broad SMARTS) is 1. The Balaban J connectivity index is 1.75. The van der Waals surface area contributed by atoms with Gasteiger partial charge in [-0.25, -0.2) is 0 Å². The van der Waals surface area contributed by atoms with E-state index in [1.807, 2.05) is 18.7 Å². The van der Waals surface area contributed by atoms with Gasteiger partial charge in [0.25, 0.3) is 0 Å². The molecule has 1 amide bonds. The van der Waals surface area contributed by atoms with Crippen LogP contribution in [0.3, 0.4) is 0 Å². The summed E-state index contributed by atoms with van der Waals surface area (Å²) >= 11 is 0. The minimum Gasteiger partial charge on any atom is -0.481 e. The molecule has 4 nitrogen and oxygen atoms in total. The average molecular weight is 251 g/mol. The second kappa shape index (κ2) is 3.72. The zero-order chi connectivity index (χ0) is 13.1. The highest BCUT2D eigenvalue weighted by atomic mass is 16.4. The topological polar surface area (TPSA) is 57.6 Å². The van der Waals surface area contributed by atoms with Gasteiger partial charge in [-0.15, -0.1) is 0 Å². The van der Waals surface area contributed by atoms with Crippen LogP contribution < -0.4 is 0 Å². The number of carbonyl (C=O) groups is 2. The number of amides is 1. The third-order valence-electron chi connectivity index (χ3n) is 5.40. The van der Waals surface area contributed by atoms with Crippen molar-refractivity contribution in [1.82, 2.24) is 4.90 Å². The summed E-state index contributed by atoms with van der Waals surface area (Å²) in [7, 11) is 0. The lowest BCUT2D eigenvalue weighted by Crippen LogP contribution is -2.38. The van der Waals surface area contributed by atoms with Gasteiger partial charge in [0.15, 0.2) is 0 Å². The van der Waals surface area contributed by atoms with Crippen LogP contribution in [0.5, 0.6) is 0 Å². The normalized spacial score (nSPS) is 40.7. The van der Waals surface area contributed by atoms with Crippen LogP contribution in [-0.2, 0) is 9.59 Å². The fourth-order valence-electron chi connectivity index (χ4n) is 4.25. The summed E-state index contributed by atoms with van der Waals surface area (Å²) in [4.78, 5) is 25.7. The highest BCUT2D eigenvalue weighted by Crippen LogP contribution is 2.59. The quantitative estimate of drug-likeness (QED) is 0.813. The third-order valence-corrected chi connectivity index (χ3v) is 5.40. The Morgan fingerprint density at radius 1 is 1.17 bits per heavy atom. The number of carboxylic acids is 1. The van der Waals surface area contributed by atoms with Crippen LogP contribution in [0.25, 0.3) is 0 Å². The first-order chi connectivity index (χ1) is 8.44. The summed E-state index contributed by atoms with van der Waals surface area (Å²) in [5.74, 6) is -0.818. The summed E-state index contributed by atoms with van der Waals surface area (Å²) in [5.41, 5.74) is -0.362. The number of hydrogen-bond acceptors (Lipinski definition) is 2. The van der Waals surface area contributed by atoms with E-state index in [2.05, 4.69) is 0 Å². The molecule has 0 radical (unpaired) electrons. The Morgan fingerprint density at radius 2 is 1.89 bits per heavy atom. The van der Waals surface area contributed by atoms with Gasteiger partial charge in [-0.1, -0.05) is 20.3 Å². The van der Waals surface area contributed by atoms with Crippen molar-refractivity contribution < 1.29 is 14.7 Å². The standard InChI is InChI=1S/C14H21NO3/c1-14(2)10(11(14)13(17)18)12(16)15-7-6-8-4-3-5-9(8)15/h8-11H,3-7H2,1-2H3,(H,17,18). The number of nitrogens with zero attached hydrogens (tertiary/aromatic N) is 1. The lowest BCUT2D eigenvalue weighted by Gasteiger charge is -2.24. The molecular formula is C14H21NO3. The van der Waals surface area contributed by atoms with Gasteiger partial charge in [0.05, 0.1) is 11.8 Å². The van der Waals surface area contributed by atoms with E-state index in [1.165, 1.54) is 12.8 Å². The van der Waals surface area contributed by atoms with Crippen LogP contribution in [0.15, 0.2) is 0 Å². The van der Waals surface area contributed by atoms with E-state index in [-0.39, 0.29) is 17.2 Å². The van der Waals surface area contributed by atoms with Gasteiger partial charge in [-0.3, -0.25) is 9.59 Å². The summed E-state index contributed by atoms with van der Waals surface area (Å²) in [6.07, 6.45) is 4.68. The molecule has 1 saturated heterocycles. The first-order valence-corrected chi connectivity index (χ1v) is 6.98. The maximum atomic E-state index is 12.5. The first-order valence-electron chi connectivity index (χ1n) is 6.98. The van der Waals surface area contributed by atoms with Gasteiger partial charge in [0.2, 0.25) is 5.91 Å². The van der Waals surface area contributed by atoms with E-state index >= 15 is 0 Å². The van der Waals surface area contributed by atoms with Crippen molar-refractivity contribution in [3.8, 4) is 0 Å².